The van der Waals surface area contributed by atoms with Crippen molar-refractivity contribution >= 4 is 39.2 Å². The molecule has 1 saturated heterocycles. The summed E-state index contributed by atoms with van der Waals surface area (Å²) < 4.78 is 45.5. The first-order chi connectivity index (χ1) is 12.8. The Balaban J connectivity index is 1.65. The molecule has 0 aliphatic carbocycles. The molecule has 1 aliphatic rings. The van der Waals surface area contributed by atoms with Gasteiger partial charge in [0, 0.05) is 18.1 Å². The molecule has 1 aliphatic heterocycles. The average molecular weight is 432 g/mol. The van der Waals surface area contributed by atoms with Gasteiger partial charge in [0.15, 0.2) is 0 Å². The first-order valence-corrected chi connectivity index (χ1v) is 10.4. The molecule has 0 aromatic heterocycles. The Morgan fingerprint density at radius 1 is 1.11 bits per heavy atom. The molecule has 9 heteroatoms. The second kappa shape index (κ2) is 8.14. The third kappa shape index (κ3) is 4.43. The minimum atomic E-state index is -3.94. The predicted molar refractivity (Wildman–Crippen MR) is 100.0 cm³/mol. The van der Waals surface area contributed by atoms with Gasteiger partial charge < -0.3 is 4.74 Å². The summed E-state index contributed by atoms with van der Waals surface area (Å²) in [5, 5.41) is 0.641. The van der Waals surface area contributed by atoms with Gasteiger partial charge in [-0.15, -0.1) is 0 Å². The summed E-state index contributed by atoms with van der Waals surface area (Å²) in [5.41, 5.74) is 0. The Morgan fingerprint density at radius 3 is 2.41 bits per heavy atom. The number of benzene rings is 2. The molecule has 0 bridgehead atoms. The molecule has 0 unspecified atom stereocenters. The van der Waals surface area contributed by atoms with Gasteiger partial charge in [0.1, 0.15) is 16.5 Å². The van der Waals surface area contributed by atoms with E-state index in [0.29, 0.717) is 5.02 Å². The Kier molecular flexibility index (Phi) is 6.05. The number of halogens is 3. The van der Waals surface area contributed by atoms with Gasteiger partial charge in [0.2, 0.25) is 10.0 Å². The molecule has 144 valence electrons. The van der Waals surface area contributed by atoms with Gasteiger partial charge in [-0.3, -0.25) is 4.79 Å². The van der Waals surface area contributed by atoms with Gasteiger partial charge in [-0.2, -0.15) is 4.31 Å². The van der Waals surface area contributed by atoms with E-state index in [9.17, 15) is 17.6 Å². The molecule has 0 saturated carbocycles. The normalized spacial score (nSPS) is 16.3. The summed E-state index contributed by atoms with van der Waals surface area (Å²) in [6.07, 6.45) is 0.551. The minimum absolute atomic E-state index is 0.102. The number of piperidine rings is 1. The number of carbonyl (C=O) groups excluding carboxylic acids is 1. The molecular formula is C18H16Cl2FNO4S. The van der Waals surface area contributed by atoms with Gasteiger partial charge in [-0.05, 0) is 43.2 Å². The van der Waals surface area contributed by atoms with Gasteiger partial charge >= 0.3 is 5.97 Å². The zero-order valence-corrected chi connectivity index (χ0v) is 16.4. The van der Waals surface area contributed by atoms with E-state index >= 15 is 0 Å². The lowest BCUT2D eigenvalue weighted by Crippen LogP contribution is -2.41. The third-order valence-electron chi connectivity index (χ3n) is 4.35. The van der Waals surface area contributed by atoms with Crippen molar-refractivity contribution in [3.05, 3.63) is 58.3 Å². The van der Waals surface area contributed by atoms with Crippen molar-refractivity contribution < 1.29 is 22.3 Å². The number of nitrogens with zero attached hydrogens (tertiary/aromatic N) is 1. The monoisotopic (exact) mass is 431 g/mol. The van der Waals surface area contributed by atoms with Crippen molar-refractivity contribution in [3.63, 3.8) is 0 Å². The molecular weight excluding hydrogens is 416 g/mol. The lowest BCUT2D eigenvalue weighted by molar-refractivity contribution is -0.140. The van der Waals surface area contributed by atoms with Crippen molar-refractivity contribution in [2.45, 2.75) is 17.7 Å². The van der Waals surface area contributed by atoms with Crippen LogP contribution in [0.25, 0.3) is 0 Å². The molecule has 3 rings (SSSR count). The van der Waals surface area contributed by atoms with E-state index in [-0.39, 0.29) is 41.6 Å². The van der Waals surface area contributed by atoms with Crippen LogP contribution in [0.3, 0.4) is 0 Å². The van der Waals surface area contributed by atoms with Crippen LogP contribution in [0.5, 0.6) is 5.75 Å². The fourth-order valence-electron chi connectivity index (χ4n) is 2.87. The van der Waals surface area contributed by atoms with Crippen molar-refractivity contribution in [3.8, 4) is 5.75 Å². The molecule has 0 radical (unpaired) electrons. The summed E-state index contributed by atoms with van der Waals surface area (Å²) in [6, 6.07) is 9.75. The smallest absolute Gasteiger partial charge is 0.314 e. The zero-order chi connectivity index (χ0) is 19.6. The minimum Gasteiger partial charge on any atom is -0.425 e. The number of hydrogen-bond acceptors (Lipinski definition) is 4. The number of carbonyl (C=O) groups is 1. The molecule has 1 heterocycles. The fraction of sp³-hybridized carbons (Fsp3) is 0.278. The van der Waals surface area contributed by atoms with Crippen LogP contribution in [0.2, 0.25) is 10.0 Å². The van der Waals surface area contributed by atoms with Gasteiger partial charge in [-0.1, -0.05) is 35.3 Å². The molecule has 0 atom stereocenters. The van der Waals surface area contributed by atoms with E-state index < -0.39 is 27.7 Å². The van der Waals surface area contributed by atoms with Gasteiger partial charge in [0.05, 0.1) is 10.9 Å². The molecule has 0 amide bonds. The standard InChI is InChI=1S/C18H16Cl2FNO4S/c19-13-5-6-16(14(20)11-13)26-18(23)12-7-9-22(10-8-12)27(24,25)17-4-2-1-3-15(17)21/h1-6,11-12H,7-10H2. The molecule has 1 fully saturated rings. The summed E-state index contributed by atoms with van der Waals surface area (Å²) in [7, 11) is -3.94. The molecule has 2 aromatic carbocycles. The van der Waals surface area contributed by atoms with E-state index in [2.05, 4.69) is 0 Å². The topological polar surface area (TPSA) is 63.7 Å². The summed E-state index contributed by atoms with van der Waals surface area (Å²) >= 11 is 11.8. The number of rotatable bonds is 4. The summed E-state index contributed by atoms with van der Waals surface area (Å²) in [4.78, 5) is 12.0. The number of esters is 1. The Hall–Kier alpha value is -1.67. The quantitative estimate of drug-likeness (QED) is 0.538. The highest BCUT2D eigenvalue weighted by Gasteiger charge is 2.34. The summed E-state index contributed by atoms with van der Waals surface area (Å²) in [5.74, 6) is -1.55. The highest BCUT2D eigenvalue weighted by atomic mass is 35.5. The Labute approximate surface area is 166 Å². The molecule has 0 N–H and O–H groups in total. The first kappa shape index (κ1) is 20.1. The van der Waals surface area contributed by atoms with Crippen LogP contribution < -0.4 is 4.74 Å². The van der Waals surface area contributed by atoms with Crippen LogP contribution in [-0.2, 0) is 14.8 Å². The van der Waals surface area contributed by atoms with E-state index in [1.54, 1.807) is 6.07 Å². The lowest BCUT2D eigenvalue weighted by Gasteiger charge is -2.30. The third-order valence-corrected chi connectivity index (χ3v) is 6.81. The molecule has 0 spiro atoms. The van der Waals surface area contributed by atoms with Crippen molar-refractivity contribution in [2.24, 2.45) is 5.92 Å². The maximum atomic E-state index is 13.9. The molecule has 5 nitrogen and oxygen atoms in total. The molecule has 27 heavy (non-hydrogen) atoms. The van der Waals surface area contributed by atoms with Crippen LogP contribution in [0.1, 0.15) is 12.8 Å². The van der Waals surface area contributed by atoms with E-state index in [1.165, 1.54) is 34.6 Å². The zero-order valence-electron chi connectivity index (χ0n) is 14.1. The second-order valence-electron chi connectivity index (χ2n) is 6.10. The van der Waals surface area contributed by atoms with Gasteiger partial charge in [-0.25, -0.2) is 12.8 Å². The Bertz CT molecular complexity index is 960. The maximum absolute atomic E-state index is 13.9. The largest absolute Gasteiger partial charge is 0.425 e. The fourth-order valence-corrected chi connectivity index (χ4v) is 4.86. The maximum Gasteiger partial charge on any atom is 0.314 e. The highest BCUT2D eigenvalue weighted by Crippen LogP contribution is 2.30. The van der Waals surface area contributed by atoms with Crippen molar-refractivity contribution in [1.29, 1.82) is 0 Å². The first-order valence-electron chi connectivity index (χ1n) is 8.20. The van der Waals surface area contributed by atoms with Crippen LogP contribution in [0.15, 0.2) is 47.4 Å². The van der Waals surface area contributed by atoms with Gasteiger partial charge in [0.25, 0.3) is 0 Å². The Morgan fingerprint density at radius 2 is 1.78 bits per heavy atom. The van der Waals surface area contributed by atoms with Crippen LogP contribution in [0.4, 0.5) is 4.39 Å². The number of ether oxygens (including phenoxy) is 1. The van der Waals surface area contributed by atoms with Crippen LogP contribution in [0, 0.1) is 11.7 Å². The van der Waals surface area contributed by atoms with Crippen molar-refractivity contribution in [1.82, 2.24) is 4.31 Å². The second-order valence-corrected chi connectivity index (χ2v) is 8.85. The van der Waals surface area contributed by atoms with E-state index in [0.717, 1.165) is 6.07 Å². The predicted octanol–water partition coefficient (Wildman–Crippen LogP) is 4.14. The SMILES string of the molecule is O=C(Oc1ccc(Cl)cc1Cl)C1CCN(S(=O)(=O)c2ccccc2F)CC1. The number of hydrogen-bond donors (Lipinski definition) is 0. The van der Waals surface area contributed by atoms with E-state index in [1.807, 2.05) is 0 Å². The molecule has 2 aromatic rings. The summed E-state index contributed by atoms with van der Waals surface area (Å²) in [6.45, 7) is 0.204. The number of sulfonamides is 1. The average Bonchev–Trinajstić information content (AvgIpc) is 2.64. The highest BCUT2D eigenvalue weighted by molar-refractivity contribution is 7.89. The van der Waals surface area contributed by atoms with E-state index in [4.69, 9.17) is 27.9 Å². The van der Waals surface area contributed by atoms with Crippen LogP contribution in [-0.4, -0.2) is 31.8 Å². The van der Waals surface area contributed by atoms with Crippen LogP contribution >= 0.6 is 23.2 Å². The lowest BCUT2D eigenvalue weighted by atomic mass is 9.98. The van der Waals surface area contributed by atoms with Crippen molar-refractivity contribution in [2.75, 3.05) is 13.1 Å².